The van der Waals surface area contributed by atoms with Crippen molar-refractivity contribution in [3.63, 3.8) is 0 Å². The summed E-state index contributed by atoms with van der Waals surface area (Å²) >= 11 is 7.99. The summed E-state index contributed by atoms with van der Waals surface area (Å²) in [6.45, 7) is 5.56. The van der Waals surface area contributed by atoms with Crippen LogP contribution in [0.3, 0.4) is 0 Å². The second kappa shape index (κ2) is 7.17. The highest BCUT2D eigenvalue weighted by Gasteiger charge is 2.11. The van der Waals surface area contributed by atoms with Gasteiger partial charge in [0.25, 0.3) is 0 Å². The van der Waals surface area contributed by atoms with Crippen LogP contribution in [0.1, 0.15) is 13.8 Å². The summed E-state index contributed by atoms with van der Waals surface area (Å²) in [5, 5.41) is 3.15. The Kier molecular flexibility index (Phi) is 5.51. The SMILES string of the molecule is CCN(CC)c1nc(Cl)nc(Nc2ccc(F)cc2I)n1. The fourth-order valence-corrected chi connectivity index (χ4v) is 2.52. The Morgan fingerprint density at radius 3 is 2.57 bits per heavy atom. The van der Waals surface area contributed by atoms with E-state index in [-0.39, 0.29) is 11.1 Å². The summed E-state index contributed by atoms with van der Waals surface area (Å²) in [6, 6.07) is 4.43. The van der Waals surface area contributed by atoms with E-state index in [1.165, 1.54) is 12.1 Å². The van der Waals surface area contributed by atoms with Crippen molar-refractivity contribution >= 4 is 51.8 Å². The van der Waals surface area contributed by atoms with E-state index in [1.54, 1.807) is 6.07 Å². The Labute approximate surface area is 141 Å². The van der Waals surface area contributed by atoms with Crippen LogP contribution in [-0.4, -0.2) is 28.0 Å². The summed E-state index contributed by atoms with van der Waals surface area (Å²) in [7, 11) is 0. The maximum Gasteiger partial charge on any atom is 0.233 e. The predicted molar refractivity (Wildman–Crippen MR) is 90.8 cm³/mol. The van der Waals surface area contributed by atoms with Gasteiger partial charge in [0.2, 0.25) is 17.2 Å². The molecule has 8 heteroatoms. The van der Waals surface area contributed by atoms with Gasteiger partial charge < -0.3 is 10.2 Å². The van der Waals surface area contributed by atoms with Crippen LogP contribution in [0.5, 0.6) is 0 Å². The number of nitrogens with zero attached hydrogens (tertiary/aromatic N) is 4. The third kappa shape index (κ3) is 4.13. The Bertz CT molecular complexity index is 636. The molecule has 0 amide bonds. The van der Waals surface area contributed by atoms with Gasteiger partial charge in [0.15, 0.2) is 0 Å². The second-order valence-corrected chi connectivity index (χ2v) is 5.65. The third-order valence-corrected chi connectivity index (χ3v) is 3.88. The van der Waals surface area contributed by atoms with Gasteiger partial charge in [-0.2, -0.15) is 15.0 Å². The molecule has 2 rings (SSSR count). The van der Waals surface area contributed by atoms with Crippen LogP contribution in [0.2, 0.25) is 5.28 Å². The van der Waals surface area contributed by atoms with Crippen molar-refractivity contribution in [3.05, 3.63) is 32.9 Å². The van der Waals surface area contributed by atoms with Gasteiger partial charge in [0.1, 0.15) is 5.82 Å². The minimum atomic E-state index is -0.289. The molecule has 21 heavy (non-hydrogen) atoms. The van der Waals surface area contributed by atoms with E-state index in [0.717, 1.165) is 16.7 Å². The van der Waals surface area contributed by atoms with Crippen LogP contribution >= 0.6 is 34.2 Å². The van der Waals surface area contributed by atoms with E-state index in [9.17, 15) is 4.39 Å². The second-order valence-electron chi connectivity index (χ2n) is 4.15. The summed E-state index contributed by atoms with van der Waals surface area (Å²) in [5.41, 5.74) is 0.713. The fourth-order valence-electron chi connectivity index (χ4n) is 1.75. The zero-order valence-electron chi connectivity index (χ0n) is 11.6. The molecule has 112 valence electrons. The van der Waals surface area contributed by atoms with Gasteiger partial charge in [0.05, 0.1) is 5.69 Å². The first-order valence-electron chi connectivity index (χ1n) is 6.42. The Morgan fingerprint density at radius 1 is 1.24 bits per heavy atom. The van der Waals surface area contributed by atoms with Crippen LogP contribution in [0.25, 0.3) is 0 Å². The van der Waals surface area contributed by atoms with E-state index in [0.29, 0.717) is 17.6 Å². The first-order chi connectivity index (χ1) is 10.0. The number of nitrogens with one attached hydrogen (secondary N) is 1. The summed E-state index contributed by atoms with van der Waals surface area (Å²) in [5.74, 6) is 0.559. The Balaban J connectivity index is 2.31. The molecule has 1 aromatic carbocycles. The largest absolute Gasteiger partial charge is 0.341 e. The molecule has 1 heterocycles. The lowest BCUT2D eigenvalue weighted by atomic mass is 10.3. The number of hydrogen-bond acceptors (Lipinski definition) is 5. The zero-order chi connectivity index (χ0) is 15.4. The predicted octanol–water partition coefficient (Wildman–Crippen LogP) is 3.86. The highest BCUT2D eigenvalue weighted by atomic mass is 127. The minimum absolute atomic E-state index is 0.117. The number of hydrogen-bond donors (Lipinski definition) is 1. The van der Waals surface area contributed by atoms with Gasteiger partial charge in [-0.05, 0) is 66.2 Å². The highest BCUT2D eigenvalue weighted by molar-refractivity contribution is 14.1. The average molecular weight is 422 g/mol. The van der Waals surface area contributed by atoms with Crippen LogP contribution in [-0.2, 0) is 0 Å². The number of rotatable bonds is 5. The van der Waals surface area contributed by atoms with Gasteiger partial charge in [-0.25, -0.2) is 4.39 Å². The first kappa shape index (κ1) is 16.2. The molecule has 0 aliphatic rings. The molecule has 1 aromatic heterocycles. The van der Waals surface area contributed by atoms with Crippen molar-refractivity contribution in [2.45, 2.75) is 13.8 Å². The third-order valence-electron chi connectivity index (χ3n) is 2.82. The average Bonchev–Trinajstić information content (AvgIpc) is 2.43. The monoisotopic (exact) mass is 421 g/mol. The van der Waals surface area contributed by atoms with E-state index >= 15 is 0 Å². The van der Waals surface area contributed by atoms with Crippen LogP contribution in [0, 0.1) is 9.39 Å². The molecule has 0 spiro atoms. The van der Waals surface area contributed by atoms with Crippen LogP contribution in [0.4, 0.5) is 22.0 Å². The Hall–Kier alpha value is -1.22. The molecule has 0 atom stereocenters. The molecule has 2 aromatic rings. The standard InChI is InChI=1S/C13H14ClFIN5/c1-3-21(4-2)13-19-11(14)18-12(20-13)17-10-6-5-8(15)7-9(10)16/h5-7H,3-4H2,1-2H3,(H,17,18,19,20). The molecule has 0 unspecified atom stereocenters. The molecule has 5 nitrogen and oxygen atoms in total. The summed E-state index contributed by atoms with van der Waals surface area (Å²) in [6.07, 6.45) is 0. The van der Waals surface area contributed by atoms with Crippen LogP contribution < -0.4 is 10.2 Å². The van der Waals surface area contributed by atoms with Gasteiger partial charge >= 0.3 is 0 Å². The maximum atomic E-state index is 13.1. The van der Waals surface area contributed by atoms with Crippen molar-refractivity contribution < 1.29 is 4.39 Å². The van der Waals surface area contributed by atoms with E-state index in [2.05, 4.69) is 20.3 Å². The molecule has 0 bridgehead atoms. The summed E-state index contributed by atoms with van der Waals surface area (Å²) < 4.78 is 13.8. The fraction of sp³-hybridized carbons (Fsp3) is 0.308. The molecule has 0 saturated carbocycles. The van der Waals surface area contributed by atoms with Crippen molar-refractivity contribution in [1.82, 2.24) is 15.0 Å². The lowest BCUT2D eigenvalue weighted by Crippen LogP contribution is -2.24. The molecular weight excluding hydrogens is 408 g/mol. The van der Waals surface area contributed by atoms with Crippen molar-refractivity contribution in [1.29, 1.82) is 0 Å². The number of benzene rings is 1. The molecule has 1 N–H and O–H groups in total. The van der Waals surface area contributed by atoms with E-state index in [1.807, 2.05) is 41.3 Å². The van der Waals surface area contributed by atoms with Crippen molar-refractivity contribution in [2.75, 3.05) is 23.3 Å². The number of anilines is 3. The number of aromatic nitrogens is 3. The zero-order valence-corrected chi connectivity index (χ0v) is 14.5. The minimum Gasteiger partial charge on any atom is -0.341 e. The first-order valence-corrected chi connectivity index (χ1v) is 7.87. The molecular formula is C13H14ClFIN5. The topological polar surface area (TPSA) is 53.9 Å². The smallest absolute Gasteiger partial charge is 0.233 e. The molecule has 0 aliphatic carbocycles. The highest BCUT2D eigenvalue weighted by Crippen LogP contribution is 2.23. The van der Waals surface area contributed by atoms with Gasteiger partial charge in [0, 0.05) is 16.7 Å². The van der Waals surface area contributed by atoms with Gasteiger partial charge in [-0.15, -0.1) is 0 Å². The normalized spacial score (nSPS) is 10.5. The molecule has 0 fully saturated rings. The van der Waals surface area contributed by atoms with E-state index < -0.39 is 0 Å². The van der Waals surface area contributed by atoms with Crippen LogP contribution in [0.15, 0.2) is 18.2 Å². The summed E-state index contributed by atoms with van der Waals surface area (Å²) in [4.78, 5) is 14.5. The Morgan fingerprint density at radius 2 is 1.95 bits per heavy atom. The van der Waals surface area contributed by atoms with Crippen molar-refractivity contribution in [2.24, 2.45) is 0 Å². The van der Waals surface area contributed by atoms with Crippen molar-refractivity contribution in [3.8, 4) is 0 Å². The van der Waals surface area contributed by atoms with Gasteiger partial charge in [-0.3, -0.25) is 0 Å². The maximum absolute atomic E-state index is 13.1. The quantitative estimate of drug-likeness (QED) is 0.743. The lowest BCUT2D eigenvalue weighted by molar-refractivity contribution is 0.627. The molecule has 0 radical (unpaired) electrons. The lowest BCUT2D eigenvalue weighted by Gasteiger charge is -2.19. The molecule has 0 saturated heterocycles. The molecule has 0 aliphatic heterocycles. The number of halogens is 3. The van der Waals surface area contributed by atoms with Gasteiger partial charge in [-0.1, -0.05) is 0 Å². The van der Waals surface area contributed by atoms with E-state index in [4.69, 9.17) is 11.6 Å².